The fourth-order valence-electron chi connectivity index (χ4n) is 2.79. The highest BCUT2D eigenvalue weighted by atomic mass is 14.9. The van der Waals surface area contributed by atoms with Gasteiger partial charge in [-0.25, -0.2) is 0 Å². The third kappa shape index (κ3) is 2.38. The molecule has 2 aromatic rings. The quantitative estimate of drug-likeness (QED) is 0.904. The van der Waals surface area contributed by atoms with Gasteiger partial charge in [-0.15, -0.1) is 0 Å². The van der Waals surface area contributed by atoms with Crippen LogP contribution >= 0.6 is 0 Å². The first-order valence-corrected chi connectivity index (χ1v) is 6.67. The molecule has 0 radical (unpaired) electrons. The SMILES string of the molecule is N#Cc1ccccc1CNC1CCc2ccccc21. The van der Waals surface area contributed by atoms with Crippen molar-refractivity contribution in [2.75, 3.05) is 0 Å². The normalized spacial score (nSPS) is 16.9. The lowest BCUT2D eigenvalue weighted by Gasteiger charge is -2.14. The van der Waals surface area contributed by atoms with Gasteiger partial charge in [0.15, 0.2) is 0 Å². The van der Waals surface area contributed by atoms with Crippen molar-refractivity contribution in [3.63, 3.8) is 0 Å². The van der Waals surface area contributed by atoms with E-state index in [2.05, 4.69) is 35.7 Å². The zero-order valence-corrected chi connectivity index (χ0v) is 10.8. The van der Waals surface area contributed by atoms with Gasteiger partial charge in [-0.05, 0) is 35.6 Å². The van der Waals surface area contributed by atoms with E-state index < -0.39 is 0 Å². The summed E-state index contributed by atoms with van der Waals surface area (Å²) in [6.45, 7) is 0.753. The summed E-state index contributed by atoms with van der Waals surface area (Å²) < 4.78 is 0. The van der Waals surface area contributed by atoms with Crippen LogP contribution in [-0.4, -0.2) is 0 Å². The Morgan fingerprint density at radius 3 is 2.79 bits per heavy atom. The second-order valence-corrected chi connectivity index (χ2v) is 4.94. The van der Waals surface area contributed by atoms with E-state index in [0.717, 1.165) is 30.5 Å². The van der Waals surface area contributed by atoms with Crippen LogP contribution in [0.1, 0.15) is 34.7 Å². The van der Waals surface area contributed by atoms with Crippen molar-refractivity contribution in [2.24, 2.45) is 0 Å². The molecule has 3 rings (SSSR count). The van der Waals surface area contributed by atoms with Crippen LogP contribution in [0.3, 0.4) is 0 Å². The first-order chi connectivity index (χ1) is 9.38. The van der Waals surface area contributed by atoms with Gasteiger partial charge in [0.05, 0.1) is 11.6 Å². The lowest BCUT2D eigenvalue weighted by atomic mass is 10.1. The number of nitriles is 1. The van der Waals surface area contributed by atoms with Crippen LogP contribution in [0.2, 0.25) is 0 Å². The molecule has 0 saturated carbocycles. The Bertz CT molecular complexity index is 625. The fourth-order valence-corrected chi connectivity index (χ4v) is 2.79. The topological polar surface area (TPSA) is 35.8 Å². The minimum absolute atomic E-state index is 0.419. The lowest BCUT2D eigenvalue weighted by molar-refractivity contribution is 0.530. The zero-order chi connectivity index (χ0) is 13.1. The maximum atomic E-state index is 9.09. The summed E-state index contributed by atoms with van der Waals surface area (Å²) in [6.07, 6.45) is 2.29. The van der Waals surface area contributed by atoms with Crippen LogP contribution in [0.5, 0.6) is 0 Å². The molecule has 2 aromatic carbocycles. The van der Waals surface area contributed by atoms with Crippen LogP contribution in [0.15, 0.2) is 48.5 Å². The molecule has 0 aromatic heterocycles. The number of hydrogen-bond acceptors (Lipinski definition) is 2. The Kier molecular flexibility index (Phi) is 3.31. The Morgan fingerprint density at radius 2 is 1.89 bits per heavy atom. The summed E-state index contributed by atoms with van der Waals surface area (Å²) >= 11 is 0. The van der Waals surface area contributed by atoms with Gasteiger partial charge >= 0.3 is 0 Å². The predicted octanol–water partition coefficient (Wildman–Crippen LogP) is 3.34. The van der Waals surface area contributed by atoms with E-state index in [-0.39, 0.29) is 0 Å². The second-order valence-electron chi connectivity index (χ2n) is 4.94. The number of fused-ring (bicyclic) bond motifs is 1. The van der Waals surface area contributed by atoms with Crippen molar-refractivity contribution in [3.05, 3.63) is 70.8 Å². The van der Waals surface area contributed by atoms with Crippen molar-refractivity contribution in [1.82, 2.24) is 5.32 Å². The maximum absolute atomic E-state index is 9.09. The van der Waals surface area contributed by atoms with E-state index in [0.29, 0.717) is 6.04 Å². The van der Waals surface area contributed by atoms with E-state index in [9.17, 15) is 0 Å². The molecule has 1 unspecified atom stereocenters. The molecule has 0 aliphatic heterocycles. The van der Waals surface area contributed by atoms with Crippen molar-refractivity contribution in [3.8, 4) is 6.07 Å². The molecule has 0 amide bonds. The summed E-state index contributed by atoms with van der Waals surface area (Å²) in [5.41, 5.74) is 4.71. The van der Waals surface area contributed by atoms with Crippen molar-refractivity contribution in [1.29, 1.82) is 5.26 Å². The van der Waals surface area contributed by atoms with E-state index in [1.54, 1.807) is 0 Å². The van der Waals surface area contributed by atoms with Crippen LogP contribution in [0, 0.1) is 11.3 Å². The van der Waals surface area contributed by atoms with Crippen LogP contribution in [0.25, 0.3) is 0 Å². The first-order valence-electron chi connectivity index (χ1n) is 6.67. The summed E-state index contributed by atoms with van der Waals surface area (Å²) in [6, 6.07) is 19.1. The molecule has 1 N–H and O–H groups in total. The first kappa shape index (κ1) is 12.0. The van der Waals surface area contributed by atoms with Gasteiger partial charge in [-0.2, -0.15) is 5.26 Å². The van der Waals surface area contributed by atoms with Crippen LogP contribution < -0.4 is 5.32 Å². The van der Waals surface area contributed by atoms with E-state index in [1.807, 2.05) is 24.3 Å². The van der Waals surface area contributed by atoms with E-state index >= 15 is 0 Å². The van der Waals surface area contributed by atoms with Gasteiger partial charge in [-0.1, -0.05) is 42.5 Å². The molecular formula is C17H16N2. The average Bonchev–Trinajstić information content (AvgIpc) is 2.89. The molecule has 2 heteroatoms. The van der Waals surface area contributed by atoms with Gasteiger partial charge in [0.2, 0.25) is 0 Å². The molecule has 0 bridgehead atoms. The maximum Gasteiger partial charge on any atom is 0.0995 e. The lowest BCUT2D eigenvalue weighted by Crippen LogP contribution is -2.19. The number of nitrogens with one attached hydrogen (secondary N) is 1. The van der Waals surface area contributed by atoms with Gasteiger partial charge < -0.3 is 5.32 Å². The minimum Gasteiger partial charge on any atom is -0.306 e. The molecule has 0 heterocycles. The molecule has 1 aliphatic rings. The molecule has 1 atom stereocenters. The van der Waals surface area contributed by atoms with Gasteiger partial charge in [-0.3, -0.25) is 0 Å². The Hall–Kier alpha value is -2.11. The largest absolute Gasteiger partial charge is 0.306 e. The molecule has 19 heavy (non-hydrogen) atoms. The molecule has 0 saturated heterocycles. The highest BCUT2D eigenvalue weighted by Gasteiger charge is 2.21. The van der Waals surface area contributed by atoms with Gasteiger partial charge in [0.25, 0.3) is 0 Å². The number of nitrogens with zero attached hydrogens (tertiary/aromatic N) is 1. The number of rotatable bonds is 3. The third-order valence-corrected chi connectivity index (χ3v) is 3.81. The summed E-state index contributed by atoms with van der Waals surface area (Å²) in [4.78, 5) is 0. The molecular weight excluding hydrogens is 232 g/mol. The average molecular weight is 248 g/mol. The van der Waals surface area contributed by atoms with Gasteiger partial charge in [0.1, 0.15) is 0 Å². The van der Waals surface area contributed by atoms with Crippen LogP contribution in [-0.2, 0) is 13.0 Å². The Balaban J connectivity index is 1.73. The third-order valence-electron chi connectivity index (χ3n) is 3.81. The fraction of sp³-hybridized carbons (Fsp3) is 0.235. The summed E-state index contributed by atoms with van der Waals surface area (Å²) in [5.74, 6) is 0. The Labute approximate surface area is 113 Å². The molecule has 0 fully saturated rings. The van der Waals surface area contributed by atoms with Gasteiger partial charge in [0, 0.05) is 12.6 Å². The number of aryl methyl sites for hydroxylation is 1. The summed E-state index contributed by atoms with van der Waals surface area (Å²) in [5, 5.41) is 12.7. The molecule has 1 aliphatic carbocycles. The van der Waals surface area contributed by atoms with Crippen molar-refractivity contribution >= 4 is 0 Å². The standard InChI is InChI=1S/C17H16N2/c18-11-14-6-1-2-7-15(14)12-19-17-10-9-13-5-3-4-8-16(13)17/h1-8,17,19H,9-10,12H2. The predicted molar refractivity (Wildman–Crippen MR) is 75.5 cm³/mol. The molecule has 2 nitrogen and oxygen atoms in total. The highest BCUT2D eigenvalue weighted by Crippen LogP contribution is 2.30. The number of hydrogen-bond donors (Lipinski definition) is 1. The van der Waals surface area contributed by atoms with E-state index in [4.69, 9.17) is 5.26 Å². The van der Waals surface area contributed by atoms with Crippen molar-refractivity contribution in [2.45, 2.75) is 25.4 Å². The Morgan fingerprint density at radius 1 is 1.11 bits per heavy atom. The van der Waals surface area contributed by atoms with Crippen molar-refractivity contribution < 1.29 is 0 Å². The van der Waals surface area contributed by atoms with E-state index in [1.165, 1.54) is 11.1 Å². The minimum atomic E-state index is 0.419. The summed E-state index contributed by atoms with van der Waals surface area (Å²) in [7, 11) is 0. The molecule has 94 valence electrons. The monoisotopic (exact) mass is 248 g/mol. The highest BCUT2D eigenvalue weighted by molar-refractivity contribution is 5.38. The smallest absolute Gasteiger partial charge is 0.0995 e. The van der Waals surface area contributed by atoms with Crippen LogP contribution in [0.4, 0.5) is 0 Å². The number of benzene rings is 2. The zero-order valence-electron chi connectivity index (χ0n) is 10.8. The second kappa shape index (κ2) is 5.26. The molecule has 0 spiro atoms.